The van der Waals surface area contributed by atoms with E-state index < -0.39 is 6.10 Å². The van der Waals surface area contributed by atoms with Crippen LogP contribution in [0.4, 0.5) is 5.82 Å². The van der Waals surface area contributed by atoms with Crippen LogP contribution in [0.3, 0.4) is 0 Å². The molecule has 2 aliphatic heterocycles. The SMILES string of the molecule is Cc1ccc(N2C[C@H](O)[C@H](NC(=O)C3=C4C=CC(C(C)C)=CC4C=N3)C2)nn1. The lowest BCUT2D eigenvalue weighted by molar-refractivity contribution is -0.118. The summed E-state index contributed by atoms with van der Waals surface area (Å²) in [5.74, 6) is 0.939. The van der Waals surface area contributed by atoms with E-state index in [1.165, 1.54) is 5.57 Å². The third-order valence-corrected chi connectivity index (χ3v) is 5.42. The predicted molar refractivity (Wildman–Crippen MR) is 108 cm³/mol. The lowest BCUT2D eigenvalue weighted by atomic mass is 9.88. The Morgan fingerprint density at radius 2 is 2.07 bits per heavy atom. The Bertz CT molecular complexity index is 898. The largest absolute Gasteiger partial charge is 0.389 e. The molecule has 0 aromatic carbocycles. The maximum atomic E-state index is 12.8. The maximum absolute atomic E-state index is 12.8. The van der Waals surface area contributed by atoms with Crippen LogP contribution >= 0.6 is 0 Å². The molecule has 1 fully saturated rings. The molecule has 1 saturated heterocycles. The summed E-state index contributed by atoms with van der Waals surface area (Å²) in [4.78, 5) is 19.1. The molecule has 3 atom stereocenters. The Morgan fingerprint density at radius 3 is 2.79 bits per heavy atom. The summed E-state index contributed by atoms with van der Waals surface area (Å²) in [5, 5.41) is 21.6. The van der Waals surface area contributed by atoms with E-state index in [0.717, 1.165) is 11.3 Å². The number of aliphatic hydroxyl groups is 1. The average molecular weight is 379 g/mol. The van der Waals surface area contributed by atoms with E-state index in [1.807, 2.05) is 36.2 Å². The highest BCUT2D eigenvalue weighted by atomic mass is 16.3. The minimum atomic E-state index is -0.673. The number of aliphatic imine (C=N–C) groups is 1. The van der Waals surface area contributed by atoms with E-state index in [2.05, 4.69) is 46.5 Å². The van der Waals surface area contributed by atoms with Crippen LogP contribution < -0.4 is 10.2 Å². The van der Waals surface area contributed by atoms with Gasteiger partial charge in [-0.1, -0.05) is 32.1 Å². The van der Waals surface area contributed by atoms with Crippen LogP contribution in [-0.4, -0.2) is 52.7 Å². The fourth-order valence-corrected chi connectivity index (χ4v) is 3.73. The molecule has 1 aliphatic carbocycles. The smallest absolute Gasteiger partial charge is 0.270 e. The molecule has 1 aromatic rings. The molecule has 146 valence electrons. The number of nitrogens with one attached hydrogen (secondary N) is 1. The second-order valence-corrected chi connectivity index (χ2v) is 7.85. The van der Waals surface area contributed by atoms with Gasteiger partial charge >= 0.3 is 0 Å². The summed E-state index contributed by atoms with van der Waals surface area (Å²) in [7, 11) is 0. The quantitative estimate of drug-likeness (QED) is 0.828. The number of aliphatic hydroxyl groups excluding tert-OH is 1. The highest BCUT2D eigenvalue weighted by Crippen LogP contribution is 2.31. The van der Waals surface area contributed by atoms with Gasteiger partial charge in [-0.15, -0.1) is 5.10 Å². The second-order valence-electron chi connectivity index (χ2n) is 7.85. The zero-order valence-electron chi connectivity index (χ0n) is 16.3. The molecule has 3 aliphatic rings. The zero-order chi connectivity index (χ0) is 19.8. The monoisotopic (exact) mass is 379 g/mol. The molecule has 7 nitrogen and oxygen atoms in total. The second kappa shape index (κ2) is 7.31. The van der Waals surface area contributed by atoms with Crippen molar-refractivity contribution in [2.45, 2.75) is 32.9 Å². The number of carbonyl (C=O) groups is 1. The van der Waals surface area contributed by atoms with Gasteiger partial charge in [-0.05, 0) is 36.1 Å². The number of amides is 1. The highest BCUT2D eigenvalue weighted by molar-refractivity contribution is 6.00. The van der Waals surface area contributed by atoms with Crippen molar-refractivity contribution in [2.24, 2.45) is 16.8 Å². The van der Waals surface area contributed by atoms with Gasteiger partial charge in [-0.2, -0.15) is 5.10 Å². The average Bonchev–Trinajstić information content (AvgIpc) is 3.25. The first-order valence-corrected chi connectivity index (χ1v) is 9.64. The van der Waals surface area contributed by atoms with Crippen LogP contribution in [0, 0.1) is 18.8 Å². The number of rotatable bonds is 4. The van der Waals surface area contributed by atoms with Crippen LogP contribution in [0.15, 0.2) is 52.2 Å². The molecule has 0 spiro atoms. The van der Waals surface area contributed by atoms with Crippen LogP contribution in [0.1, 0.15) is 19.5 Å². The van der Waals surface area contributed by atoms with E-state index in [-0.39, 0.29) is 17.9 Å². The summed E-state index contributed by atoms with van der Waals surface area (Å²) in [6, 6.07) is 3.38. The minimum Gasteiger partial charge on any atom is -0.389 e. The molecule has 2 N–H and O–H groups in total. The fraction of sp³-hybridized carbons (Fsp3) is 0.429. The maximum Gasteiger partial charge on any atom is 0.270 e. The Labute approximate surface area is 164 Å². The molecule has 1 aromatic heterocycles. The highest BCUT2D eigenvalue weighted by Gasteiger charge is 2.35. The van der Waals surface area contributed by atoms with Gasteiger partial charge in [0, 0.05) is 25.2 Å². The Balaban J connectivity index is 1.44. The summed E-state index contributed by atoms with van der Waals surface area (Å²) >= 11 is 0. The van der Waals surface area contributed by atoms with Crippen LogP contribution in [-0.2, 0) is 4.79 Å². The summed E-state index contributed by atoms with van der Waals surface area (Å²) in [6.45, 7) is 7.06. The molecule has 1 unspecified atom stereocenters. The Kier molecular flexibility index (Phi) is 4.85. The first-order valence-electron chi connectivity index (χ1n) is 9.64. The lowest BCUT2D eigenvalue weighted by Crippen LogP contribution is -2.43. The van der Waals surface area contributed by atoms with Crippen LogP contribution in [0.25, 0.3) is 0 Å². The Hall–Kier alpha value is -2.80. The number of aromatic nitrogens is 2. The predicted octanol–water partition coefficient (Wildman–Crippen LogP) is 1.56. The molecular formula is C21H25N5O2. The molecular weight excluding hydrogens is 354 g/mol. The van der Waals surface area contributed by atoms with Crippen molar-refractivity contribution in [2.75, 3.05) is 18.0 Å². The number of β-amino-alcohol motifs (C(OH)–C–C–N with tert-alkyl or cyclic N) is 1. The molecule has 1 amide bonds. The number of anilines is 1. The van der Waals surface area contributed by atoms with Crippen molar-refractivity contribution in [3.63, 3.8) is 0 Å². The van der Waals surface area contributed by atoms with Gasteiger partial charge in [0.05, 0.1) is 17.8 Å². The summed E-state index contributed by atoms with van der Waals surface area (Å²) in [6.07, 6.45) is 7.34. The third kappa shape index (κ3) is 3.49. The van der Waals surface area contributed by atoms with Crippen molar-refractivity contribution < 1.29 is 9.90 Å². The van der Waals surface area contributed by atoms with Crippen LogP contribution in [0.2, 0.25) is 0 Å². The van der Waals surface area contributed by atoms with Crippen molar-refractivity contribution in [1.82, 2.24) is 15.5 Å². The van der Waals surface area contributed by atoms with Crippen molar-refractivity contribution >= 4 is 17.9 Å². The van der Waals surface area contributed by atoms with Crippen molar-refractivity contribution in [1.29, 1.82) is 0 Å². The third-order valence-electron chi connectivity index (χ3n) is 5.42. The van der Waals surface area contributed by atoms with Gasteiger partial charge in [0.2, 0.25) is 0 Å². The molecule has 0 saturated carbocycles. The summed E-state index contributed by atoms with van der Waals surface area (Å²) in [5.41, 5.74) is 3.44. The van der Waals surface area contributed by atoms with Crippen molar-refractivity contribution in [3.8, 4) is 0 Å². The topological polar surface area (TPSA) is 90.7 Å². The normalized spacial score (nSPS) is 26.1. The van der Waals surface area contributed by atoms with Gasteiger partial charge in [-0.3, -0.25) is 9.79 Å². The van der Waals surface area contributed by atoms with E-state index in [1.54, 1.807) is 0 Å². The van der Waals surface area contributed by atoms with E-state index in [9.17, 15) is 9.90 Å². The van der Waals surface area contributed by atoms with Gasteiger partial charge in [-0.25, -0.2) is 0 Å². The molecule has 28 heavy (non-hydrogen) atoms. The standard InChI is InChI=1S/C21H25N5O2/c1-12(2)14-5-6-16-15(8-14)9-22-20(16)21(28)23-17-10-26(11-18(17)27)19-7-4-13(3)24-25-19/h4-9,12,15,17-18,27H,10-11H2,1-3H3,(H,23,28)/t15?,17-,18+/m1/s1. The Morgan fingerprint density at radius 1 is 1.25 bits per heavy atom. The van der Waals surface area contributed by atoms with E-state index >= 15 is 0 Å². The molecule has 4 rings (SSSR count). The number of hydrogen-bond acceptors (Lipinski definition) is 6. The number of hydrogen-bond donors (Lipinski definition) is 2. The fourth-order valence-electron chi connectivity index (χ4n) is 3.73. The summed E-state index contributed by atoms with van der Waals surface area (Å²) < 4.78 is 0. The van der Waals surface area contributed by atoms with Gasteiger partial charge in [0.15, 0.2) is 5.82 Å². The van der Waals surface area contributed by atoms with Crippen LogP contribution in [0.5, 0.6) is 0 Å². The van der Waals surface area contributed by atoms with Gasteiger partial charge < -0.3 is 15.3 Å². The number of allylic oxidation sites excluding steroid dienone is 5. The molecule has 0 radical (unpaired) electrons. The zero-order valence-corrected chi connectivity index (χ0v) is 16.3. The first-order chi connectivity index (χ1) is 13.4. The molecule has 0 bridgehead atoms. The van der Waals surface area contributed by atoms with Crippen molar-refractivity contribution in [3.05, 3.63) is 52.9 Å². The first kappa shape index (κ1) is 18.6. The van der Waals surface area contributed by atoms with Gasteiger partial charge in [0.1, 0.15) is 5.70 Å². The number of fused-ring (bicyclic) bond motifs is 1. The number of aryl methyl sites for hydroxylation is 1. The molecule has 3 heterocycles. The lowest BCUT2D eigenvalue weighted by Gasteiger charge is -2.18. The minimum absolute atomic E-state index is 0.0518. The van der Waals surface area contributed by atoms with E-state index in [0.29, 0.717) is 30.5 Å². The number of nitrogens with zero attached hydrogens (tertiary/aromatic N) is 4. The van der Waals surface area contributed by atoms with E-state index in [4.69, 9.17) is 0 Å². The van der Waals surface area contributed by atoms with Gasteiger partial charge in [0.25, 0.3) is 5.91 Å². The number of carbonyl (C=O) groups excluding carboxylic acids is 1. The molecule has 7 heteroatoms.